The highest BCUT2D eigenvalue weighted by Crippen LogP contribution is 2.28. The van der Waals surface area contributed by atoms with Crippen LogP contribution in [0.4, 0.5) is 0 Å². The lowest BCUT2D eigenvalue weighted by molar-refractivity contribution is 0.417. The van der Waals surface area contributed by atoms with E-state index in [9.17, 15) is 8.42 Å². The molecule has 1 aromatic carbocycles. The SMILES string of the molecule is O=S(=O)(Oc1ccc(Cc2ccncc2)cc1)C1CCC1. The van der Waals surface area contributed by atoms with Gasteiger partial charge in [0.25, 0.3) is 0 Å². The highest BCUT2D eigenvalue weighted by atomic mass is 32.2. The summed E-state index contributed by atoms with van der Waals surface area (Å²) in [6.07, 6.45) is 6.71. The molecule has 1 heterocycles. The zero-order valence-electron chi connectivity index (χ0n) is 11.6. The Labute approximate surface area is 124 Å². The number of hydrogen-bond acceptors (Lipinski definition) is 4. The Morgan fingerprint density at radius 2 is 1.62 bits per heavy atom. The molecule has 1 saturated carbocycles. The Morgan fingerprint density at radius 1 is 1.00 bits per heavy atom. The number of aromatic nitrogens is 1. The minimum absolute atomic E-state index is 0.325. The van der Waals surface area contributed by atoms with Crippen molar-refractivity contribution in [1.29, 1.82) is 0 Å². The zero-order valence-corrected chi connectivity index (χ0v) is 12.4. The summed E-state index contributed by atoms with van der Waals surface area (Å²) in [6, 6.07) is 11.1. The smallest absolute Gasteiger partial charge is 0.312 e. The van der Waals surface area contributed by atoms with Crippen molar-refractivity contribution in [2.24, 2.45) is 0 Å². The first-order valence-electron chi connectivity index (χ1n) is 7.05. The molecule has 0 atom stereocenters. The van der Waals surface area contributed by atoms with Gasteiger partial charge in [-0.25, -0.2) is 0 Å². The maximum absolute atomic E-state index is 11.9. The molecule has 0 N–H and O–H groups in total. The summed E-state index contributed by atoms with van der Waals surface area (Å²) in [6.45, 7) is 0. The number of benzene rings is 1. The molecule has 1 fully saturated rings. The lowest BCUT2D eigenvalue weighted by Gasteiger charge is -2.24. The summed E-state index contributed by atoms with van der Waals surface area (Å²) in [5, 5.41) is -0.325. The largest absolute Gasteiger partial charge is 0.382 e. The number of hydrogen-bond donors (Lipinski definition) is 0. The van der Waals surface area contributed by atoms with Crippen LogP contribution in [0.3, 0.4) is 0 Å². The van der Waals surface area contributed by atoms with Crippen molar-refractivity contribution < 1.29 is 12.6 Å². The van der Waals surface area contributed by atoms with Gasteiger partial charge in [-0.05, 0) is 54.7 Å². The molecule has 0 radical (unpaired) electrons. The molecule has 0 spiro atoms. The third-order valence-corrected chi connectivity index (χ3v) is 5.47. The van der Waals surface area contributed by atoms with E-state index in [1.807, 2.05) is 24.3 Å². The van der Waals surface area contributed by atoms with E-state index in [1.54, 1.807) is 24.5 Å². The van der Waals surface area contributed by atoms with Crippen LogP contribution in [0.15, 0.2) is 48.8 Å². The van der Waals surface area contributed by atoms with Crippen LogP contribution in [-0.4, -0.2) is 18.7 Å². The van der Waals surface area contributed by atoms with Gasteiger partial charge in [-0.15, -0.1) is 0 Å². The first kappa shape index (κ1) is 14.1. The Hall–Kier alpha value is -1.88. The molecule has 3 rings (SSSR count). The number of pyridine rings is 1. The van der Waals surface area contributed by atoms with E-state index in [0.29, 0.717) is 18.6 Å². The van der Waals surface area contributed by atoms with Crippen molar-refractivity contribution in [3.8, 4) is 5.75 Å². The molecule has 4 nitrogen and oxygen atoms in total. The van der Waals surface area contributed by atoms with Crippen LogP contribution < -0.4 is 4.18 Å². The predicted octanol–water partition coefficient (Wildman–Crippen LogP) is 2.93. The molecule has 21 heavy (non-hydrogen) atoms. The number of nitrogens with zero attached hydrogens (tertiary/aromatic N) is 1. The van der Waals surface area contributed by atoms with Gasteiger partial charge in [0.05, 0.1) is 5.25 Å². The monoisotopic (exact) mass is 303 g/mol. The Balaban J connectivity index is 1.67. The first-order valence-corrected chi connectivity index (χ1v) is 8.52. The molecule has 0 unspecified atom stereocenters. The van der Waals surface area contributed by atoms with E-state index in [1.165, 1.54) is 5.56 Å². The van der Waals surface area contributed by atoms with E-state index in [0.717, 1.165) is 18.4 Å². The van der Waals surface area contributed by atoms with Crippen LogP contribution in [0.1, 0.15) is 30.4 Å². The number of rotatable bonds is 5. The summed E-state index contributed by atoms with van der Waals surface area (Å²) < 4.78 is 29.0. The zero-order chi connectivity index (χ0) is 14.7. The van der Waals surface area contributed by atoms with Gasteiger partial charge in [0, 0.05) is 12.4 Å². The predicted molar refractivity (Wildman–Crippen MR) is 80.7 cm³/mol. The highest BCUT2D eigenvalue weighted by molar-refractivity contribution is 7.87. The summed E-state index contributed by atoms with van der Waals surface area (Å²) in [5.41, 5.74) is 2.27. The van der Waals surface area contributed by atoms with Gasteiger partial charge in [-0.3, -0.25) is 4.98 Å². The summed E-state index contributed by atoms with van der Waals surface area (Å²) in [5.74, 6) is 0.389. The fourth-order valence-electron chi connectivity index (χ4n) is 2.26. The van der Waals surface area contributed by atoms with Crippen LogP contribution in [0.2, 0.25) is 0 Å². The van der Waals surface area contributed by atoms with Crippen LogP contribution in [0.25, 0.3) is 0 Å². The molecule has 0 aliphatic heterocycles. The Kier molecular flexibility index (Phi) is 3.92. The minimum Gasteiger partial charge on any atom is -0.382 e. The highest BCUT2D eigenvalue weighted by Gasteiger charge is 2.33. The van der Waals surface area contributed by atoms with Crippen LogP contribution in [-0.2, 0) is 16.5 Å². The molecule has 0 bridgehead atoms. The summed E-state index contributed by atoms with van der Waals surface area (Å²) >= 11 is 0. The van der Waals surface area contributed by atoms with Crippen LogP contribution in [0, 0.1) is 0 Å². The average Bonchev–Trinajstić information content (AvgIpc) is 2.39. The van der Waals surface area contributed by atoms with E-state index >= 15 is 0 Å². The molecular formula is C16H17NO3S. The summed E-state index contributed by atoms with van der Waals surface area (Å²) in [7, 11) is -3.46. The van der Waals surface area contributed by atoms with Crippen molar-refractivity contribution in [2.75, 3.05) is 0 Å². The average molecular weight is 303 g/mol. The van der Waals surface area contributed by atoms with Crippen molar-refractivity contribution in [2.45, 2.75) is 30.9 Å². The normalized spacial score (nSPS) is 15.4. The van der Waals surface area contributed by atoms with E-state index < -0.39 is 10.1 Å². The van der Waals surface area contributed by atoms with Gasteiger partial charge < -0.3 is 4.18 Å². The molecule has 110 valence electrons. The minimum atomic E-state index is -3.46. The van der Waals surface area contributed by atoms with Crippen LogP contribution >= 0.6 is 0 Å². The Morgan fingerprint density at radius 3 is 2.19 bits per heavy atom. The van der Waals surface area contributed by atoms with Gasteiger partial charge in [0.2, 0.25) is 0 Å². The standard InChI is InChI=1S/C16H17NO3S/c18-21(19,16-2-1-3-16)20-15-6-4-13(5-7-15)12-14-8-10-17-11-9-14/h4-11,16H,1-3,12H2. The molecule has 0 amide bonds. The van der Waals surface area contributed by atoms with Crippen molar-refractivity contribution in [1.82, 2.24) is 4.98 Å². The van der Waals surface area contributed by atoms with Crippen molar-refractivity contribution in [3.05, 3.63) is 59.9 Å². The molecule has 1 aliphatic rings. The Bertz CT molecular complexity index is 692. The van der Waals surface area contributed by atoms with Gasteiger partial charge in [-0.1, -0.05) is 18.6 Å². The molecule has 5 heteroatoms. The van der Waals surface area contributed by atoms with Crippen molar-refractivity contribution in [3.63, 3.8) is 0 Å². The second-order valence-corrected chi connectivity index (χ2v) is 7.12. The van der Waals surface area contributed by atoms with Crippen molar-refractivity contribution >= 4 is 10.1 Å². The van der Waals surface area contributed by atoms with E-state index in [4.69, 9.17) is 4.18 Å². The fourth-order valence-corrected chi connectivity index (χ4v) is 3.69. The maximum atomic E-state index is 11.9. The fraction of sp³-hybridized carbons (Fsp3) is 0.312. The van der Waals surface area contributed by atoms with E-state index in [-0.39, 0.29) is 5.25 Å². The second kappa shape index (κ2) is 5.85. The molecule has 1 aliphatic carbocycles. The first-order chi connectivity index (χ1) is 10.1. The quantitative estimate of drug-likeness (QED) is 0.797. The van der Waals surface area contributed by atoms with Gasteiger partial charge in [-0.2, -0.15) is 8.42 Å². The van der Waals surface area contributed by atoms with Gasteiger partial charge in [0.15, 0.2) is 0 Å². The summed E-state index contributed by atoms with van der Waals surface area (Å²) in [4.78, 5) is 3.98. The molecular weight excluding hydrogens is 286 g/mol. The van der Waals surface area contributed by atoms with Crippen LogP contribution in [0.5, 0.6) is 5.75 Å². The molecule has 2 aromatic rings. The lowest BCUT2D eigenvalue weighted by atomic mass is 10.0. The topological polar surface area (TPSA) is 56.3 Å². The van der Waals surface area contributed by atoms with Gasteiger partial charge in [0.1, 0.15) is 5.75 Å². The lowest BCUT2D eigenvalue weighted by Crippen LogP contribution is -2.31. The van der Waals surface area contributed by atoms with E-state index in [2.05, 4.69) is 4.98 Å². The third-order valence-electron chi connectivity index (χ3n) is 3.75. The molecule has 1 aromatic heterocycles. The second-order valence-electron chi connectivity index (χ2n) is 5.31. The third kappa shape index (κ3) is 3.42. The maximum Gasteiger partial charge on any atom is 0.312 e. The molecule has 0 saturated heterocycles. The van der Waals surface area contributed by atoms with Gasteiger partial charge >= 0.3 is 10.1 Å².